The molecule has 0 saturated carbocycles. The molecule has 24 heteroatoms. The molecule has 0 saturated heterocycles. The fourth-order valence-electron chi connectivity index (χ4n) is 9.85. The van der Waals surface area contributed by atoms with Crippen molar-refractivity contribution in [1.82, 2.24) is 0 Å². The second kappa shape index (κ2) is 40.7. The predicted molar refractivity (Wildman–Crippen MR) is 485 cm³/mol. The minimum Gasteiger partial charge on any atom is -0.542 e. The van der Waals surface area contributed by atoms with Gasteiger partial charge in [0.05, 0.1) is 47.5 Å². The van der Waals surface area contributed by atoms with E-state index >= 15 is 0 Å². The van der Waals surface area contributed by atoms with Crippen LogP contribution in [0.1, 0.15) is 22.3 Å². The van der Waals surface area contributed by atoms with Gasteiger partial charge in [0.25, 0.3) is 0 Å². The number of hydrogen-bond acceptors (Lipinski definition) is 14. The van der Waals surface area contributed by atoms with Gasteiger partial charge in [-0.15, -0.1) is 0 Å². The van der Waals surface area contributed by atoms with E-state index in [0.29, 0.717) is 57.5 Å². The number of phenols is 8. The topological polar surface area (TPSA) is 217 Å². The molecule has 0 aliphatic carbocycles. The van der Waals surface area contributed by atoms with Crippen molar-refractivity contribution in [3.63, 3.8) is 0 Å². The van der Waals surface area contributed by atoms with Crippen LogP contribution in [0.15, 0.2) is 152 Å². The van der Waals surface area contributed by atoms with Crippen LogP contribution in [0.2, 0.25) is 196 Å². The van der Waals surface area contributed by atoms with Gasteiger partial charge in [0.1, 0.15) is 46.0 Å². The van der Waals surface area contributed by atoms with Crippen molar-refractivity contribution in [1.29, 1.82) is 0 Å². The SMILES string of the molecule is COc1ccc(O[Si](C)(C)C)c(O)c1.C[Si](C)(C)Oc1ccccc1O.C[Si](C)(C)c1cccc([Si](C)(C)C)c1O.C[Si](C)(C)c1ccccc1O.Cc1cc(O[Si](C)(C)C)c(O)c(O[Si](C)(C)C)c1.Cc1ccc(O)c(O[Si](C)(C)C)c1.Cc1ccc(O)c([Si](C)(C)C)c1.Cc1cccc([Si](C)(C)C)c1O. The molecule has 8 aromatic rings. The highest BCUT2D eigenvalue weighted by Crippen LogP contribution is 2.40. The monoisotopic (exact) mass is 1640 g/mol. The zero-order chi connectivity index (χ0) is 83.2. The summed E-state index contributed by atoms with van der Waals surface area (Å²) in [4.78, 5) is 0. The lowest BCUT2D eigenvalue weighted by molar-refractivity contribution is 0.399. The van der Waals surface area contributed by atoms with Gasteiger partial charge in [-0.1, -0.05) is 189 Å². The third-order valence-corrected chi connectivity index (χ3v) is 29.1. The first-order valence-electron chi connectivity index (χ1n) is 36.7. The molecule has 0 atom stereocenters. The van der Waals surface area contributed by atoms with Crippen molar-refractivity contribution in [3.8, 4) is 80.5 Å². The third kappa shape index (κ3) is 38.9. The first kappa shape index (κ1) is 98.1. The summed E-state index contributed by atoms with van der Waals surface area (Å²) in [6.07, 6.45) is 0. The number of rotatable bonds is 16. The second-order valence-corrected chi connectivity index (χ2v) is 84.3. The van der Waals surface area contributed by atoms with Crippen LogP contribution in [0.5, 0.6) is 80.5 Å². The average Bonchev–Trinajstić information content (AvgIpc) is 0.757. The fourth-order valence-corrected chi connectivity index (χ4v) is 21.4. The lowest BCUT2D eigenvalue weighted by Gasteiger charge is -2.24. The molecule has 8 N–H and O–H groups in total. The minimum absolute atomic E-state index is 0.130. The second-order valence-electron chi connectivity index (χ2n) is 36.9. The van der Waals surface area contributed by atoms with E-state index < -0.39 is 82.0 Å². The van der Waals surface area contributed by atoms with Crippen LogP contribution in [0, 0.1) is 27.7 Å². The van der Waals surface area contributed by atoms with Gasteiger partial charge in [-0.25, -0.2) is 0 Å². The molecule has 594 valence electrons. The average molecular weight is 1640 g/mol. The van der Waals surface area contributed by atoms with Gasteiger partial charge in [0.2, 0.25) is 41.6 Å². The third-order valence-electron chi connectivity index (χ3n) is 14.8. The quantitative estimate of drug-likeness (QED) is 0.0423. The molecular weight excluding hydrogens is 1500 g/mol. The number of aryl methyl sites for hydroxylation is 4. The van der Waals surface area contributed by atoms with Gasteiger partial charge in [-0.2, -0.15) is 0 Å². The maximum Gasteiger partial charge on any atom is 0.242 e. The number of hydrogen-bond donors (Lipinski definition) is 8. The van der Waals surface area contributed by atoms with E-state index in [-0.39, 0.29) is 23.0 Å². The highest BCUT2D eigenvalue weighted by atomic mass is 28.4. The van der Waals surface area contributed by atoms with E-state index in [4.69, 9.17) is 26.9 Å². The zero-order valence-corrected chi connectivity index (χ0v) is 82.0. The summed E-state index contributed by atoms with van der Waals surface area (Å²) in [5.74, 6) is 6.15. The smallest absolute Gasteiger partial charge is 0.242 e. The lowest BCUT2D eigenvalue weighted by Crippen LogP contribution is -2.45. The Kier molecular flexibility index (Phi) is 37.3. The standard InChI is InChI=1S/C13H24O3Si2.C12H22OSi2.C10H16O3Si.C10H16O2Si.2C10H16OSi.C9H14O2Si.C9H14OSi/c1-10-8-11(15-17(2,3)4)13(14)12(9-10)16-18(5,6)7;1-14(2,3)10-8-7-9-11(12(10)13)15(4,5)6;1-12-8-5-6-10(9(11)7-8)13-14(2,3)4;1-8-5-6-9(11)10(7-8)12-13(2,3)4;1-8-5-6-9(11)10(7-8)12(2,3)4;1-8-6-5-7-9(10(8)11)12(2,3)4;1-12(2,3)11-9-7-5-4-6-8(9)10;1-11(2,3)9-7-5-4-6-8(9)10/h8-9,14H,1-7H3;7-9,13H,1-6H3;5-7,11H,1-4H3;5-7,11H,1-4H3;2*5-7,11H,1-4H3;4-7,10H,1-3H3;4-7,10H,1-3H3. The largest absolute Gasteiger partial charge is 0.542 e. The first-order valence-corrected chi connectivity index (χ1v) is 71.2. The fraction of sp³-hybridized carbons (Fsp3) is 0.422. The van der Waals surface area contributed by atoms with Crippen molar-refractivity contribution < 1.29 is 67.7 Å². The number of aromatic hydroxyl groups is 8. The van der Waals surface area contributed by atoms with Gasteiger partial charge in [0.15, 0.2) is 34.5 Å². The summed E-state index contributed by atoms with van der Waals surface area (Å²) >= 11 is 0. The van der Waals surface area contributed by atoms with Crippen LogP contribution in [-0.4, -0.2) is 130 Å². The Morgan fingerprint density at radius 1 is 0.224 bits per heavy atom. The minimum atomic E-state index is -1.74. The van der Waals surface area contributed by atoms with E-state index in [1.54, 1.807) is 61.7 Å². The molecule has 0 fully saturated rings. The van der Waals surface area contributed by atoms with Crippen molar-refractivity contribution in [3.05, 3.63) is 174 Å². The van der Waals surface area contributed by atoms with Crippen LogP contribution in [0.3, 0.4) is 0 Å². The van der Waals surface area contributed by atoms with Crippen LogP contribution in [0.25, 0.3) is 0 Å². The molecule has 0 bridgehead atoms. The summed E-state index contributed by atoms with van der Waals surface area (Å²) in [5.41, 5.74) is 4.35. The van der Waals surface area contributed by atoms with Gasteiger partial charge in [-0.3, -0.25) is 0 Å². The van der Waals surface area contributed by atoms with Crippen LogP contribution >= 0.6 is 0 Å². The molecule has 0 aliphatic rings. The number of para-hydroxylation sites is 5. The van der Waals surface area contributed by atoms with E-state index in [0.717, 1.165) is 32.3 Å². The van der Waals surface area contributed by atoms with Gasteiger partial charge in [0, 0.05) is 6.07 Å². The maximum atomic E-state index is 10.3. The molecular formula is C83H138O14Si10. The predicted octanol–water partition coefficient (Wildman–Crippen LogP) is 21.2. The Hall–Kier alpha value is -6.87. The molecule has 14 nitrogen and oxygen atoms in total. The van der Waals surface area contributed by atoms with E-state index in [2.05, 4.69) is 228 Å². The Balaban J connectivity index is 0.000000614. The molecule has 0 aliphatic heterocycles. The number of methoxy groups -OCH3 is 1. The normalized spacial score (nSPS) is 11.8. The highest BCUT2D eigenvalue weighted by molar-refractivity contribution is 6.93. The lowest BCUT2D eigenvalue weighted by atomic mass is 10.2. The molecule has 0 aromatic heterocycles. The summed E-state index contributed by atoms with van der Waals surface area (Å²) in [6, 6.07) is 47.0. The molecule has 0 unspecified atom stereocenters. The highest BCUT2D eigenvalue weighted by Gasteiger charge is 2.29. The molecule has 107 heavy (non-hydrogen) atoms. The molecule has 0 spiro atoms. The van der Waals surface area contributed by atoms with E-state index in [9.17, 15) is 40.9 Å². The Bertz CT molecular complexity index is 3980. The van der Waals surface area contributed by atoms with Gasteiger partial charge >= 0.3 is 0 Å². The van der Waals surface area contributed by atoms with Gasteiger partial charge in [-0.05, 0) is 229 Å². The Labute approximate surface area is 656 Å². The molecule has 0 radical (unpaired) electrons. The molecule has 8 aromatic carbocycles. The van der Waals surface area contributed by atoms with Crippen LogP contribution in [-0.2, 0) is 0 Å². The number of benzene rings is 8. The van der Waals surface area contributed by atoms with Crippen molar-refractivity contribution in [2.75, 3.05) is 7.11 Å². The number of ether oxygens (including phenoxy) is 1. The summed E-state index contributed by atoms with van der Waals surface area (Å²) in [6.45, 7) is 73.0. The molecule has 8 rings (SSSR count). The van der Waals surface area contributed by atoms with E-state index in [1.165, 1.54) is 15.9 Å². The summed E-state index contributed by atoms with van der Waals surface area (Å²) in [5, 5.41) is 83.7. The van der Waals surface area contributed by atoms with Crippen molar-refractivity contribution >= 4 is 108 Å². The van der Waals surface area contributed by atoms with Crippen molar-refractivity contribution in [2.24, 2.45) is 0 Å². The molecule has 0 heterocycles. The first-order chi connectivity index (χ1) is 48.3. The Morgan fingerprint density at radius 3 is 0.888 bits per heavy atom. The van der Waals surface area contributed by atoms with Crippen LogP contribution < -0.4 is 52.8 Å². The summed E-state index contributed by atoms with van der Waals surface area (Å²) < 4.78 is 33.8. The van der Waals surface area contributed by atoms with Gasteiger partial charge < -0.3 is 67.7 Å². The number of phenolic OH excluding ortho intramolecular Hbond substituents is 8. The van der Waals surface area contributed by atoms with Crippen molar-refractivity contribution in [2.45, 2.75) is 224 Å². The van der Waals surface area contributed by atoms with E-state index in [1.807, 2.05) is 93.6 Å². The molecule has 0 amide bonds. The summed E-state index contributed by atoms with van der Waals surface area (Å²) in [7, 11) is -13.7. The maximum absolute atomic E-state index is 10.3. The zero-order valence-electron chi connectivity index (χ0n) is 72.0. The van der Waals surface area contributed by atoms with Crippen LogP contribution in [0.4, 0.5) is 0 Å². The Morgan fingerprint density at radius 2 is 0.533 bits per heavy atom.